The first-order valence-corrected chi connectivity index (χ1v) is 11.7. The molecule has 8 nitrogen and oxygen atoms in total. The third-order valence-corrected chi connectivity index (χ3v) is 5.99. The van der Waals surface area contributed by atoms with Crippen LogP contribution < -0.4 is 15.0 Å². The lowest BCUT2D eigenvalue weighted by atomic mass is 9.88. The summed E-state index contributed by atoms with van der Waals surface area (Å²) < 4.78 is 12.6. The van der Waals surface area contributed by atoms with E-state index in [0.29, 0.717) is 40.4 Å². The van der Waals surface area contributed by atoms with Crippen LogP contribution in [0.3, 0.4) is 0 Å². The number of hydrogen-bond acceptors (Lipinski definition) is 6. The summed E-state index contributed by atoms with van der Waals surface area (Å²) in [6, 6.07) is 12.5. The van der Waals surface area contributed by atoms with Crippen molar-refractivity contribution in [1.29, 1.82) is 0 Å². The monoisotopic (exact) mass is 463 g/mol. The number of carboxylic acid groups (broad SMARTS) is 1. The van der Waals surface area contributed by atoms with Crippen molar-refractivity contribution in [1.82, 2.24) is 9.66 Å². The molecule has 0 radical (unpaired) electrons. The number of ether oxygens (including phenoxy) is 2. The molecule has 8 heteroatoms. The Kier molecular flexibility index (Phi) is 7.25. The lowest BCUT2D eigenvalue weighted by Gasteiger charge is -2.22. The van der Waals surface area contributed by atoms with Crippen LogP contribution in [0.1, 0.15) is 63.3 Å². The molecular weight excluding hydrogens is 434 g/mol. The van der Waals surface area contributed by atoms with Crippen LogP contribution in [0.4, 0.5) is 0 Å². The van der Waals surface area contributed by atoms with Gasteiger partial charge in [-0.15, -0.1) is 0 Å². The van der Waals surface area contributed by atoms with Gasteiger partial charge in [0.05, 0.1) is 23.7 Å². The SMILES string of the molecule is CCOc1cc(C=Nn2c(C3CCCCC3)nc3ccccc3c2=O)ccc1O[C@@H](C)C(=O)O. The Morgan fingerprint density at radius 1 is 1.21 bits per heavy atom. The van der Waals surface area contributed by atoms with Crippen molar-refractivity contribution < 1.29 is 19.4 Å². The van der Waals surface area contributed by atoms with E-state index in [4.69, 9.17) is 19.6 Å². The predicted molar refractivity (Wildman–Crippen MR) is 130 cm³/mol. The highest BCUT2D eigenvalue weighted by molar-refractivity contribution is 5.81. The van der Waals surface area contributed by atoms with Gasteiger partial charge in [-0.2, -0.15) is 9.78 Å². The lowest BCUT2D eigenvalue weighted by molar-refractivity contribution is -0.144. The minimum Gasteiger partial charge on any atom is -0.490 e. The molecule has 0 amide bonds. The topological polar surface area (TPSA) is 103 Å². The Morgan fingerprint density at radius 2 is 1.97 bits per heavy atom. The van der Waals surface area contributed by atoms with Gasteiger partial charge in [-0.25, -0.2) is 9.78 Å². The summed E-state index contributed by atoms with van der Waals surface area (Å²) in [6.45, 7) is 3.68. The summed E-state index contributed by atoms with van der Waals surface area (Å²) in [5, 5.41) is 14.2. The van der Waals surface area contributed by atoms with Gasteiger partial charge < -0.3 is 14.6 Å². The van der Waals surface area contributed by atoms with Crippen LogP contribution >= 0.6 is 0 Å². The van der Waals surface area contributed by atoms with Crippen LogP contribution in [0.25, 0.3) is 10.9 Å². The molecule has 1 aliphatic carbocycles. The third kappa shape index (κ3) is 5.11. The molecule has 34 heavy (non-hydrogen) atoms. The second-order valence-corrected chi connectivity index (χ2v) is 8.42. The van der Waals surface area contributed by atoms with E-state index in [1.807, 2.05) is 25.1 Å². The molecule has 4 rings (SSSR count). The Balaban J connectivity index is 1.72. The zero-order chi connectivity index (χ0) is 24.1. The number of fused-ring (bicyclic) bond motifs is 1. The first kappa shape index (κ1) is 23.5. The average Bonchev–Trinajstić information content (AvgIpc) is 2.85. The Hall–Kier alpha value is -3.68. The van der Waals surface area contributed by atoms with E-state index in [-0.39, 0.29) is 11.5 Å². The summed E-state index contributed by atoms with van der Waals surface area (Å²) in [5.41, 5.74) is 1.18. The number of hydrogen-bond donors (Lipinski definition) is 1. The van der Waals surface area contributed by atoms with E-state index in [2.05, 4.69) is 5.10 Å². The summed E-state index contributed by atoms with van der Waals surface area (Å²) in [6.07, 6.45) is 5.99. The van der Waals surface area contributed by atoms with E-state index in [1.54, 1.807) is 30.5 Å². The number of carboxylic acids is 1. The lowest BCUT2D eigenvalue weighted by Crippen LogP contribution is -2.25. The molecular formula is C26H29N3O5. The second-order valence-electron chi connectivity index (χ2n) is 8.42. The van der Waals surface area contributed by atoms with Gasteiger partial charge >= 0.3 is 5.97 Å². The van der Waals surface area contributed by atoms with Crippen LogP contribution in [0.15, 0.2) is 52.4 Å². The van der Waals surface area contributed by atoms with E-state index < -0.39 is 12.1 Å². The van der Waals surface area contributed by atoms with Crippen molar-refractivity contribution in [3.63, 3.8) is 0 Å². The molecule has 2 aromatic carbocycles. The number of rotatable bonds is 8. The molecule has 1 fully saturated rings. The third-order valence-electron chi connectivity index (χ3n) is 5.99. The standard InChI is InChI=1S/C26H29N3O5/c1-3-33-23-15-18(13-14-22(23)34-17(2)26(31)32)16-27-29-24(19-9-5-4-6-10-19)28-21-12-8-7-11-20(21)25(29)30/h7-8,11-17,19H,3-6,9-10H2,1-2H3,(H,31,32)/t17-/m0/s1. The summed E-state index contributed by atoms with van der Waals surface area (Å²) >= 11 is 0. The molecule has 0 unspecified atom stereocenters. The number of benzene rings is 2. The molecule has 1 aliphatic rings. The van der Waals surface area contributed by atoms with Crippen LogP contribution in [0.5, 0.6) is 11.5 Å². The number of carbonyl (C=O) groups is 1. The Labute approximate surface area is 197 Å². The summed E-state index contributed by atoms with van der Waals surface area (Å²) in [5.74, 6) is 0.569. The highest BCUT2D eigenvalue weighted by atomic mass is 16.5. The Morgan fingerprint density at radius 3 is 2.71 bits per heavy atom. The van der Waals surface area contributed by atoms with Gasteiger partial charge in [0.15, 0.2) is 17.6 Å². The highest BCUT2D eigenvalue weighted by Crippen LogP contribution is 2.32. The largest absolute Gasteiger partial charge is 0.490 e. The molecule has 1 heterocycles. The van der Waals surface area contributed by atoms with Gasteiger partial charge in [-0.1, -0.05) is 31.4 Å². The van der Waals surface area contributed by atoms with Crippen molar-refractivity contribution in [2.24, 2.45) is 5.10 Å². The molecule has 0 spiro atoms. The van der Waals surface area contributed by atoms with Gasteiger partial charge in [0.2, 0.25) is 0 Å². The molecule has 1 aromatic heterocycles. The molecule has 1 N–H and O–H groups in total. The molecule has 1 saturated carbocycles. The fourth-order valence-corrected chi connectivity index (χ4v) is 4.21. The van der Waals surface area contributed by atoms with Crippen LogP contribution in [0.2, 0.25) is 0 Å². The fourth-order valence-electron chi connectivity index (χ4n) is 4.21. The summed E-state index contributed by atoms with van der Waals surface area (Å²) in [7, 11) is 0. The normalized spacial score (nSPS) is 15.5. The van der Waals surface area contributed by atoms with Gasteiger partial charge in [-0.05, 0) is 62.6 Å². The van der Waals surface area contributed by atoms with E-state index in [0.717, 1.165) is 25.7 Å². The van der Waals surface area contributed by atoms with Crippen molar-refractivity contribution in [3.05, 3.63) is 64.2 Å². The van der Waals surface area contributed by atoms with Crippen LogP contribution in [-0.4, -0.2) is 39.7 Å². The van der Waals surface area contributed by atoms with Gasteiger partial charge in [0, 0.05) is 5.92 Å². The smallest absolute Gasteiger partial charge is 0.344 e. The van der Waals surface area contributed by atoms with Gasteiger partial charge in [-0.3, -0.25) is 4.79 Å². The van der Waals surface area contributed by atoms with Crippen LogP contribution in [-0.2, 0) is 4.79 Å². The first-order chi connectivity index (χ1) is 16.5. The maximum Gasteiger partial charge on any atom is 0.344 e. The predicted octanol–water partition coefficient (Wildman–Crippen LogP) is 4.58. The Bertz CT molecular complexity index is 1260. The van der Waals surface area contributed by atoms with E-state index >= 15 is 0 Å². The molecule has 0 aliphatic heterocycles. The maximum atomic E-state index is 13.3. The zero-order valence-electron chi connectivity index (χ0n) is 19.4. The average molecular weight is 464 g/mol. The van der Waals surface area contributed by atoms with Crippen molar-refractivity contribution >= 4 is 23.1 Å². The van der Waals surface area contributed by atoms with Gasteiger partial charge in [0.1, 0.15) is 5.82 Å². The molecule has 1 atom stereocenters. The molecule has 178 valence electrons. The van der Waals surface area contributed by atoms with Crippen molar-refractivity contribution in [2.75, 3.05) is 6.61 Å². The minimum atomic E-state index is -1.06. The maximum absolute atomic E-state index is 13.3. The highest BCUT2D eigenvalue weighted by Gasteiger charge is 2.22. The van der Waals surface area contributed by atoms with E-state index in [9.17, 15) is 9.59 Å². The molecule has 3 aromatic rings. The summed E-state index contributed by atoms with van der Waals surface area (Å²) in [4.78, 5) is 29.3. The fraction of sp³-hybridized carbons (Fsp3) is 0.385. The second kappa shape index (κ2) is 10.5. The first-order valence-electron chi connectivity index (χ1n) is 11.7. The minimum absolute atomic E-state index is 0.190. The van der Waals surface area contributed by atoms with Crippen LogP contribution in [0, 0.1) is 0 Å². The molecule has 0 saturated heterocycles. The quantitative estimate of drug-likeness (QED) is 0.491. The number of aliphatic carboxylic acids is 1. The number of para-hydroxylation sites is 1. The van der Waals surface area contributed by atoms with Crippen molar-refractivity contribution in [2.45, 2.75) is 58.0 Å². The van der Waals surface area contributed by atoms with E-state index in [1.165, 1.54) is 18.0 Å². The van der Waals surface area contributed by atoms with Crippen molar-refractivity contribution in [3.8, 4) is 11.5 Å². The zero-order valence-corrected chi connectivity index (χ0v) is 19.4. The van der Waals surface area contributed by atoms with Gasteiger partial charge in [0.25, 0.3) is 5.56 Å². The number of nitrogens with zero attached hydrogens (tertiary/aromatic N) is 3. The molecule has 0 bridgehead atoms. The number of aromatic nitrogens is 2.